The third-order valence-corrected chi connectivity index (χ3v) is 2.60. The molecule has 4 nitrogen and oxygen atoms in total. The van der Waals surface area contributed by atoms with Gasteiger partial charge in [0.25, 0.3) is 0 Å². The largest absolute Gasteiger partial charge is 0.391 e. The molecule has 1 fully saturated rings. The second-order valence-corrected chi connectivity index (χ2v) is 3.74. The highest BCUT2D eigenvalue weighted by molar-refractivity contribution is 5.85. The van der Waals surface area contributed by atoms with Gasteiger partial charge in [-0.1, -0.05) is 6.07 Å². The minimum Gasteiger partial charge on any atom is -0.391 e. The minimum atomic E-state index is -0.252. The number of aromatic nitrogens is 1. The zero-order valence-electron chi connectivity index (χ0n) is 8.39. The van der Waals surface area contributed by atoms with Crippen LogP contribution in [0, 0.1) is 5.92 Å². The summed E-state index contributed by atoms with van der Waals surface area (Å²) in [5.41, 5.74) is 6.53. The number of nitrogens with two attached hydrogens (primary N) is 1. The molecule has 0 radical (unpaired) electrons. The molecule has 1 aromatic rings. The lowest BCUT2D eigenvalue weighted by atomic mass is 10.00. The molecule has 0 amide bonds. The monoisotopic (exact) mass is 229 g/mol. The Bertz CT molecular complexity index is 321. The highest BCUT2D eigenvalue weighted by Gasteiger charge is 2.25. The van der Waals surface area contributed by atoms with Gasteiger partial charge >= 0.3 is 0 Å². The number of halogens is 1. The Labute approximate surface area is 95.3 Å². The van der Waals surface area contributed by atoms with Gasteiger partial charge in [0.15, 0.2) is 0 Å². The van der Waals surface area contributed by atoms with Crippen LogP contribution >= 0.6 is 12.4 Å². The summed E-state index contributed by atoms with van der Waals surface area (Å²) in [4.78, 5) is 4.21. The number of aliphatic hydroxyl groups excluding tert-OH is 1. The number of β-amino-alcohol motifs (C(OH)–C–C–N with tert-alkyl or cyclic N) is 1. The molecule has 1 aliphatic heterocycles. The van der Waals surface area contributed by atoms with Crippen molar-refractivity contribution in [3.63, 3.8) is 0 Å². The van der Waals surface area contributed by atoms with Gasteiger partial charge < -0.3 is 16.2 Å². The number of nitrogens with zero attached hydrogens (tertiary/aromatic N) is 1. The third-order valence-electron chi connectivity index (χ3n) is 2.60. The molecule has 0 aliphatic carbocycles. The van der Waals surface area contributed by atoms with Crippen LogP contribution in [0.5, 0.6) is 0 Å². The van der Waals surface area contributed by atoms with Crippen LogP contribution in [0.15, 0.2) is 18.2 Å². The number of aliphatic hydroxyl groups is 1. The van der Waals surface area contributed by atoms with E-state index in [1.54, 1.807) is 6.07 Å². The summed E-state index contributed by atoms with van der Waals surface area (Å²) in [5.74, 6) is 0.812. The van der Waals surface area contributed by atoms with Crippen LogP contribution < -0.4 is 11.1 Å². The van der Waals surface area contributed by atoms with Gasteiger partial charge in [-0.2, -0.15) is 0 Å². The summed E-state index contributed by atoms with van der Waals surface area (Å²) in [6, 6.07) is 5.61. The van der Waals surface area contributed by atoms with Crippen LogP contribution in [0.1, 0.15) is 5.69 Å². The van der Waals surface area contributed by atoms with E-state index in [9.17, 15) is 5.11 Å². The first-order valence-electron chi connectivity index (χ1n) is 4.86. The maximum absolute atomic E-state index is 9.60. The lowest BCUT2D eigenvalue weighted by Crippen LogP contribution is -2.20. The molecule has 1 aromatic heterocycles. The fraction of sp³-hybridized carbons (Fsp3) is 0.500. The molecule has 84 valence electrons. The zero-order chi connectivity index (χ0) is 9.97. The van der Waals surface area contributed by atoms with Gasteiger partial charge in [0.1, 0.15) is 5.82 Å². The van der Waals surface area contributed by atoms with Crippen molar-refractivity contribution in [2.45, 2.75) is 12.5 Å². The van der Waals surface area contributed by atoms with Crippen LogP contribution in [0.25, 0.3) is 0 Å². The molecule has 2 rings (SSSR count). The Balaban J connectivity index is 0.00000112. The molecule has 0 aromatic carbocycles. The first kappa shape index (κ1) is 12.2. The first-order chi connectivity index (χ1) is 6.75. The van der Waals surface area contributed by atoms with Crippen LogP contribution in [0.3, 0.4) is 0 Å². The van der Waals surface area contributed by atoms with Gasteiger partial charge in [-0.25, -0.2) is 4.98 Å². The standard InChI is InChI=1S/C10H15N3O.ClH/c11-10-3-1-2-8(13-10)4-7-5-12-6-9(7)14;/h1-3,7,9,12,14H,4-6H2,(H2,11,13);1H. The van der Waals surface area contributed by atoms with Crippen LogP contribution in [0.4, 0.5) is 5.82 Å². The molecule has 2 heterocycles. The SMILES string of the molecule is Cl.Nc1cccc(CC2CNCC2O)n1. The van der Waals surface area contributed by atoms with E-state index in [1.165, 1.54) is 0 Å². The third kappa shape index (κ3) is 3.06. The molecule has 5 heteroatoms. The van der Waals surface area contributed by atoms with Gasteiger partial charge in [-0.3, -0.25) is 0 Å². The predicted octanol–water partition coefficient (Wildman–Crippen LogP) is 0.208. The number of hydrogen-bond donors (Lipinski definition) is 3. The Morgan fingerprint density at radius 2 is 2.27 bits per heavy atom. The highest BCUT2D eigenvalue weighted by atomic mass is 35.5. The molecule has 2 atom stereocenters. The van der Waals surface area contributed by atoms with Crippen molar-refractivity contribution in [2.24, 2.45) is 5.92 Å². The van der Waals surface area contributed by atoms with Crippen LogP contribution in [-0.2, 0) is 6.42 Å². The van der Waals surface area contributed by atoms with Crippen molar-refractivity contribution in [1.29, 1.82) is 0 Å². The van der Waals surface area contributed by atoms with E-state index < -0.39 is 0 Å². The fourth-order valence-corrected chi connectivity index (χ4v) is 1.81. The van der Waals surface area contributed by atoms with E-state index in [4.69, 9.17) is 5.73 Å². The van der Waals surface area contributed by atoms with Crippen LogP contribution in [0.2, 0.25) is 0 Å². The Hall–Kier alpha value is -0.840. The van der Waals surface area contributed by atoms with E-state index in [2.05, 4.69) is 10.3 Å². The molecule has 2 unspecified atom stereocenters. The normalized spacial score (nSPS) is 24.9. The topological polar surface area (TPSA) is 71.2 Å². The van der Waals surface area contributed by atoms with E-state index in [1.807, 2.05) is 12.1 Å². The first-order valence-corrected chi connectivity index (χ1v) is 4.86. The van der Waals surface area contributed by atoms with Gasteiger partial charge in [0.2, 0.25) is 0 Å². The zero-order valence-corrected chi connectivity index (χ0v) is 9.20. The second-order valence-electron chi connectivity index (χ2n) is 3.74. The van der Waals surface area contributed by atoms with Gasteiger partial charge in [-0.05, 0) is 18.6 Å². The van der Waals surface area contributed by atoms with Crippen molar-refractivity contribution in [3.05, 3.63) is 23.9 Å². The van der Waals surface area contributed by atoms with E-state index >= 15 is 0 Å². The number of anilines is 1. The summed E-state index contributed by atoms with van der Waals surface area (Å²) in [6.45, 7) is 1.55. The lowest BCUT2D eigenvalue weighted by molar-refractivity contribution is 0.147. The summed E-state index contributed by atoms with van der Waals surface area (Å²) in [5, 5.41) is 12.7. The average Bonchev–Trinajstić information content (AvgIpc) is 2.52. The highest BCUT2D eigenvalue weighted by Crippen LogP contribution is 2.15. The van der Waals surface area contributed by atoms with Crippen LogP contribution in [-0.4, -0.2) is 29.3 Å². The summed E-state index contributed by atoms with van der Waals surface area (Å²) in [6.07, 6.45) is 0.539. The Kier molecular flexibility index (Phi) is 4.32. The molecular formula is C10H16ClN3O. The number of pyridine rings is 1. The molecule has 0 saturated carbocycles. The molecule has 0 bridgehead atoms. The number of nitrogens with one attached hydrogen (secondary N) is 1. The van der Waals surface area contributed by atoms with Gasteiger partial charge in [0, 0.05) is 24.7 Å². The van der Waals surface area contributed by atoms with Gasteiger partial charge in [0.05, 0.1) is 6.10 Å². The van der Waals surface area contributed by atoms with E-state index in [-0.39, 0.29) is 24.4 Å². The molecule has 15 heavy (non-hydrogen) atoms. The number of nitrogen functional groups attached to an aromatic ring is 1. The summed E-state index contributed by atoms with van der Waals surface area (Å²) < 4.78 is 0. The quantitative estimate of drug-likeness (QED) is 0.678. The maximum atomic E-state index is 9.60. The average molecular weight is 230 g/mol. The van der Waals surface area contributed by atoms with E-state index in [0.717, 1.165) is 18.7 Å². The smallest absolute Gasteiger partial charge is 0.123 e. The molecule has 1 aliphatic rings. The second kappa shape index (κ2) is 5.30. The van der Waals surface area contributed by atoms with Crippen molar-refractivity contribution in [3.8, 4) is 0 Å². The van der Waals surface area contributed by atoms with Crippen molar-refractivity contribution in [1.82, 2.24) is 10.3 Å². The molecular weight excluding hydrogens is 214 g/mol. The summed E-state index contributed by atoms with van der Waals surface area (Å²) in [7, 11) is 0. The van der Waals surface area contributed by atoms with Gasteiger partial charge in [-0.15, -0.1) is 12.4 Å². The van der Waals surface area contributed by atoms with Crippen molar-refractivity contribution >= 4 is 18.2 Å². The summed E-state index contributed by atoms with van der Waals surface area (Å²) >= 11 is 0. The molecule has 0 spiro atoms. The number of hydrogen-bond acceptors (Lipinski definition) is 4. The molecule has 4 N–H and O–H groups in total. The number of rotatable bonds is 2. The predicted molar refractivity (Wildman–Crippen MR) is 62.0 cm³/mol. The molecule has 1 saturated heterocycles. The van der Waals surface area contributed by atoms with Crippen molar-refractivity contribution in [2.75, 3.05) is 18.8 Å². The minimum absolute atomic E-state index is 0. The fourth-order valence-electron chi connectivity index (χ4n) is 1.81. The lowest BCUT2D eigenvalue weighted by Gasteiger charge is -2.12. The van der Waals surface area contributed by atoms with Crippen molar-refractivity contribution < 1.29 is 5.11 Å². The Morgan fingerprint density at radius 3 is 2.87 bits per heavy atom. The Morgan fingerprint density at radius 1 is 1.47 bits per heavy atom. The maximum Gasteiger partial charge on any atom is 0.123 e. The van der Waals surface area contributed by atoms with E-state index in [0.29, 0.717) is 12.4 Å².